The number of ether oxygens (including phenoxy) is 1. The molecule has 0 amide bonds. The largest absolute Gasteiger partial charge is 2.00 e. The van der Waals surface area contributed by atoms with E-state index in [1.165, 1.54) is 0 Å². The summed E-state index contributed by atoms with van der Waals surface area (Å²) in [5, 5.41) is 0. The Labute approximate surface area is 90.9 Å². The summed E-state index contributed by atoms with van der Waals surface area (Å²) in [6.07, 6.45) is 0. The third-order valence-corrected chi connectivity index (χ3v) is 0.524. The van der Waals surface area contributed by atoms with E-state index in [2.05, 4.69) is 4.74 Å². The van der Waals surface area contributed by atoms with E-state index >= 15 is 0 Å². The van der Waals surface area contributed by atoms with Crippen molar-refractivity contribution < 1.29 is 22.0 Å². The Morgan fingerprint density at radius 1 is 1.20 bits per heavy atom. The fraction of sp³-hybridized carbons (Fsp3) is 0.400. The maximum Gasteiger partial charge on any atom is 2.00 e. The first kappa shape index (κ1) is 12.7. The Bertz CT molecular complexity index is 171. The molecule has 0 bridgehead atoms. The summed E-state index contributed by atoms with van der Waals surface area (Å²) in [4.78, 5) is 30.2. The molecule has 10 heavy (non-hydrogen) atoms. The molecule has 0 aromatic carbocycles. The van der Waals surface area contributed by atoms with Gasteiger partial charge < -0.3 is 7.59 Å². The number of rotatable bonds is 1. The van der Waals surface area contributed by atoms with Crippen molar-refractivity contribution in [1.29, 1.82) is 0 Å². The van der Waals surface area contributed by atoms with Crippen molar-refractivity contribution in [2.75, 3.05) is 0 Å². The molecular weight excluding hydrogens is 164 g/mol. The summed E-state index contributed by atoms with van der Waals surface area (Å²) in [7, 11) is 0. The number of esters is 2. The van der Waals surface area contributed by atoms with Gasteiger partial charge in [0.15, 0.2) is 0 Å². The van der Waals surface area contributed by atoms with Gasteiger partial charge in [-0.3, -0.25) is 9.59 Å². The van der Waals surface area contributed by atoms with Crippen LogP contribution in [0.2, 0.25) is 0 Å². The summed E-state index contributed by atoms with van der Waals surface area (Å²) in [6, 6.07) is 0. The number of Topliss-reactive ketones (excluding diaryl/α,β-unsaturated/α-hetero) is 1. The first-order valence-electron chi connectivity index (χ1n) is 2.27. The second kappa shape index (κ2) is 5.82. The Balaban J connectivity index is -0.000000107. The Morgan fingerprint density at radius 3 is 1.70 bits per heavy atom. The predicted molar refractivity (Wildman–Crippen MR) is 35.4 cm³/mol. The smallest absolute Gasteiger partial charge is 1.00 e. The predicted octanol–water partition coefficient (Wildman–Crippen LogP) is -0.491. The number of ketones is 1. The summed E-state index contributed by atoms with van der Waals surface area (Å²) < 4.78 is 3.88. The van der Waals surface area contributed by atoms with Gasteiger partial charge in [-0.1, -0.05) is 0 Å². The average molecular weight is 172 g/mol. The molecular formula is C5H8CaO4. The first-order valence-corrected chi connectivity index (χ1v) is 2.27. The van der Waals surface area contributed by atoms with Gasteiger partial charge in [0, 0.05) is 13.8 Å². The monoisotopic (exact) mass is 172 g/mol. The van der Waals surface area contributed by atoms with Crippen molar-refractivity contribution in [2.24, 2.45) is 0 Å². The van der Waals surface area contributed by atoms with Crippen molar-refractivity contribution >= 4 is 55.5 Å². The van der Waals surface area contributed by atoms with Gasteiger partial charge in [-0.25, -0.2) is 4.79 Å². The molecule has 54 valence electrons. The molecule has 0 aromatic heterocycles. The standard InChI is InChI=1S/C5H6O4.Ca.2H/c1-3(6)5(8)9-4(2)7;;;/h1-2H3;;;/q;+2;2*-1. The molecule has 0 atom stereocenters. The average Bonchev–Trinajstić information content (AvgIpc) is 1.63. The summed E-state index contributed by atoms with van der Waals surface area (Å²) in [6.45, 7) is 2.09. The van der Waals surface area contributed by atoms with E-state index in [-0.39, 0.29) is 40.6 Å². The molecule has 0 aliphatic heterocycles. The van der Waals surface area contributed by atoms with E-state index in [0.29, 0.717) is 0 Å². The molecule has 0 N–H and O–H groups in total. The van der Waals surface area contributed by atoms with Crippen molar-refractivity contribution in [3.8, 4) is 0 Å². The van der Waals surface area contributed by atoms with Crippen LogP contribution in [0.3, 0.4) is 0 Å². The third kappa shape index (κ3) is 6.19. The van der Waals surface area contributed by atoms with E-state index < -0.39 is 17.7 Å². The molecule has 0 heterocycles. The van der Waals surface area contributed by atoms with E-state index in [4.69, 9.17) is 0 Å². The van der Waals surface area contributed by atoms with Crippen LogP contribution in [0.5, 0.6) is 0 Å². The van der Waals surface area contributed by atoms with Gasteiger partial charge in [0.05, 0.1) is 0 Å². The summed E-state index contributed by atoms with van der Waals surface area (Å²) in [5.41, 5.74) is 0. The van der Waals surface area contributed by atoms with E-state index in [1.807, 2.05) is 0 Å². The zero-order valence-electron chi connectivity index (χ0n) is 7.84. The van der Waals surface area contributed by atoms with Crippen molar-refractivity contribution in [3.63, 3.8) is 0 Å². The number of carbonyl (C=O) groups is 3. The van der Waals surface area contributed by atoms with Crippen LogP contribution < -0.4 is 0 Å². The van der Waals surface area contributed by atoms with Gasteiger partial charge in [0.2, 0.25) is 5.78 Å². The molecule has 0 aromatic rings. The van der Waals surface area contributed by atoms with Gasteiger partial charge in [0.25, 0.3) is 0 Å². The van der Waals surface area contributed by atoms with Gasteiger partial charge in [-0.2, -0.15) is 0 Å². The second-order valence-corrected chi connectivity index (χ2v) is 1.44. The van der Waals surface area contributed by atoms with Crippen LogP contribution in [0, 0.1) is 0 Å². The van der Waals surface area contributed by atoms with Gasteiger partial charge in [-0.15, -0.1) is 0 Å². The second-order valence-electron chi connectivity index (χ2n) is 1.44. The van der Waals surface area contributed by atoms with Gasteiger partial charge >= 0.3 is 49.7 Å². The van der Waals surface area contributed by atoms with Crippen LogP contribution in [-0.2, 0) is 19.1 Å². The fourth-order valence-electron chi connectivity index (χ4n) is 0.202. The molecule has 0 aliphatic rings. The van der Waals surface area contributed by atoms with E-state index in [1.54, 1.807) is 0 Å². The molecule has 0 fully saturated rings. The van der Waals surface area contributed by atoms with Crippen LogP contribution in [-0.4, -0.2) is 55.5 Å². The number of carbonyl (C=O) groups excluding carboxylic acids is 3. The molecule has 0 saturated heterocycles. The first-order chi connectivity index (χ1) is 4.04. The Hall–Kier alpha value is 0.0697. The van der Waals surface area contributed by atoms with Gasteiger partial charge in [0.1, 0.15) is 0 Å². The topological polar surface area (TPSA) is 60.4 Å². The normalized spacial score (nSPS) is 7.40. The maximum absolute atomic E-state index is 10.2. The minimum Gasteiger partial charge on any atom is -1.00 e. The molecule has 0 saturated carbocycles. The van der Waals surface area contributed by atoms with Crippen LogP contribution in [0.25, 0.3) is 0 Å². The summed E-state index contributed by atoms with van der Waals surface area (Å²) >= 11 is 0. The molecule has 4 nitrogen and oxygen atoms in total. The zero-order valence-corrected chi connectivity index (χ0v) is 8.05. The third-order valence-electron chi connectivity index (χ3n) is 0.524. The van der Waals surface area contributed by atoms with Crippen LogP contribution in [0.15, 0.2) is 0 Å². The summed E-state index contributed by atoms with van der Waals surface area (Å²) in [5.74, 6) is -2.65. The molecule has 0 rings (SSSR count). The fourth-order valence-corrected chi connectivity index (χ4v) is 0.202. The van der Waals surface area contributed by atoms with Crippen LogP contribution >= 0.6 is 0 Å². The number of hydrogen-bond donors (Lipinski definition) is 0. The quantitative estimate of drug-likeness (QED) is 0.232. The van der Waals surface area contributed by atoms with Crippen molar-refractivity contribution in [1.82, 2.24) is 0 Å². The molecule has 0 aliphatic carbocycles. The van der Waals surface area contributed by atoms with Crippen LogP contribution in [0.1, 0.15) is 16.7 Å². The van der Waals surface area contributed by atoms with Crippen molar-refractivity contribution in [3.05, 3.63) is 0 Å². The minimum atomic E-state index is -1.11. The molecule has 0 unspecified atom stereocenters. The Kier molecular flexibility index (Phi) is 7.41. The minimum absolute atomic E-state index is 0. The van der Waals surface area contributed by atoms with Crippen LogP contribution in [0.4, 0.5) is 0 Å². The maximum atomic E-state index is 10.2. The zero-order chi connectivity index (χ0) is 7.44. The van der Waals surface area contributed by atoms with Crippen molar-refractivity contribution in [2.45, 2.75) is 13.8 Å². The number of hydrogen-bond acceptors (Lipinski definition) is 4. The molecule has 0 spiro atoms. The van der Waals surface area contributed by atoms with E-state index in [0.717, 1.165) is 13.8 Å². The molecule has 5 heteroatoms. The Morgan fingerprint density at radius 2 is 1.60 bits per heavy atom. The van der Waals surface area contributed by atoms with E-state index in [9.17, 15) is 14.4 Å². The SMILES string of the molecule is CC(=O)OC(=O)C(C)=O.[Ca+2].[H-].[H-]. The molecule has 0 radical (unpaired) electrons. The van der Waals surface area contributed by atoms with Gasteiger partial charge in [-0.05, 0) is 0 Å².